The molecule has 0 unspecified atom stereocenters. The SMILES string of the molecule is c1ccc(-c2nc(-c3ccc4c(c3)oc3ccccc34)nc(-c3ccc4c(c3)sc3ccc(-c5cccc(-c6ccc7c8ccccc8c8ccccc8c7c6)c5)cc34)n2)cc1.c1ccc(-c2nc(-c3ccc4c(c3)sc3ccc(-c5ccc6c7ccccc7c7ccccc7c6c5)cc34)nc(-c3cccc4c3oc3ccccc34)n2)cc1. The van der Waals surface area contributed by atoms with Crippen LogP contribution in [0.25, 0.3) is 251 Å². The van der Waals surface area contributed by atoms with Crippen molar-refractivity contribution in [2.24, 2.45) is 0 Å². The minimum absolute atomic E-state index is 0.579. The van der Waals surface area contributed by atoms with Crippen LogP contribution in [0.15, 0.2) is 385 Å². The van der Waals surface area contributed by atoms with E-state index in [4.69, 9.17) is 38.7 Å². The molecular weight excluding hydrogens is 1480 g/mol. The molecule has 0 atom stereocenters. The van der Waals surface area contributed by atoms with Crippen LogP contribution in [0.4, 0.5) is 0 Å². The van der Waals surface area contributed by atoms with E-state index >= 15 is 0 Å². The fourth-order valence-electron chi connectivity index (χ4n) is 17.7. The molecule has 6 heterocycles. The minimum Gasteiger partial charge on any atom is -0.456 e. The summed E-state index contributed by atoms with van der Waals surface area (Å²) in [7, 11) is 0. The van der Waals surface area contributed by atoms with Crippen molar-refractivity contribution < 1.29 is 8.83 Å². The largest absolute Gasteiger partial charge is 0.456 e. The van der Waals surface area contributed by atoms with Crippen molar-refractivity contribution in [3.63, 3.8) is 0 Å². The summed E-state index contributed by atoms with van der Waals surface area (Å²) in [4.78, 5) is 30.3. The van der Waals surface area contributed by atoms with Gasteiger partial charge in [-0.15, -0.1) is 22.7 Å². The summed E-state index contributed by atoms with van der Waals surface area (Å²) in [5, 5.41) is 24.6. The smallest absolute Gasteiger partial charge is 0.167 e. The van der Waals surface area contributed by atoms with E-state index in [0.29, 0.717) is 34.9 Å². The van der Waals surface area contributed by atoms with E-state index in [9.17, 15) is 0 Å². The Hall–Kier alpha value is -15.2. The molecule has 548 valence electrons. The first-order valence-corrected chi connectivity index (χ1v) is 41.2. The lowest BCUT2D eigenvalue weighted by atomic mass is 9.91. The van der Waals surface area contributed by atoms with Gasteiger partial charge in [0.25, 0.3) is 0 Å². The van der Waals surface area contributed by atoms with Crippen molar-refractivity contribution >= 4 is 172 Å². The third-order valence-electron chi connectivity index (χ3n) is 23.4. The number of rotatable bonds is 9. The fraction of sp³-hybridized carbons (Fsp3) is 0. The van der Waals surface area contributed by atoms with Crippen LogP contribution in [0.3, 0.4) is 0 Å². The second-order valence-electron chi connectivity index (χ2n) is 30.3. The number of hydrogen-bond donors (Lipinski definition) is 0. The van der Waals surface area contributed by atoms with Crippen LogP contribution in [0.5, 0.6) is 0 Å². The molecule has 0 fully saturated rings. The maximum absolute atomic E-state index is 6.42. The highest BCUT2D eigenvalue weighted by Crippen LogP contribution is 2.46. The van der Waals surface area contributed by atoms with Crippen LogP contribution in [0, 0.1) is 0 Å². The first-order chi connectivity index (χ1) is 58.4. The van der Waals surface area contributed by atoms with Crippen molar-refractivity contribution in [2.75, 3.05) is 0 Å². The predicted octanol–water partition coefficient (Wildman–Crippen LogP) is 30.2. The zero-order valence-electron chi connectivity index (χ0n) is 63.1. The molecule has 118 heavy (non-hydrogen) atoms. The maximum Gasteiger partial charge on any atom is 0.167 e. The molecule has 0 aliphatic heterocycles. The molecule has 0 radical (unpaired) electrons. The Kier molecular flexibility index (Phi) is 15.6. The zero-order valence-corrected chi connectivity index (χ0v) is 64.7. The molecule has 0 spiro atoms. The van der Waals surface area contributed by atoms with Crippen LogP contribution in [-0.4, -0.2) is 29.9 Å². The highest BCUT2D eigenvalue weighted by atomic mass is 32.1. The Labute approximate surface area is 683 Å². The highest BCUT2D eigenvalue weighted by molar-refractivity contribution is 7.26. The molecule has 0 aliphatic rings. The predicted molar refractivity (Wildman–Crippen MR) is 494 cm³/mol. The Morgan fingerprint density at radius 1 is 0.153 bits per heavy atom. The number of aromatic nitrogens is 6. The standard InChI is InChI=1S/C57H33N3OS.C51H29N3OS/c1-2-11-34(12-3-1)55-58-56(39-22-26-47-46-19-8-9-20-51(46)61-52(47)32-39)60-57(59-55)40-23-27-48-50-31-38(24-28-53(50)62-54(48)33-40)36-14-10-13-35(29-36)37-21-25-45-43-17-5-4-15-41(43)42-16-6-7-18-44(42)49(45)30-37;1-2-11-30(12-3-1)49-52-50(54-51(53-49)42-19-10-18-41-39-17-8-9-20-45(39)55-48(41)42)33-22-25-40-44-28-32(23-26-46(44)56-47(40)29-33)31-21-24-38-36-15-5-4-13-34(36)35-14-6-7-16-37(35)43(38)27-31/h1-33H;1-29H. The van der Waals surface area contributed by atoms with Crippen LogP contribution >= 0.6 is 22.7 Å². The van der Waals surface area contributed by atoms with Gasteiger partial charge in [-0.05, 0) is 183 Å². The molecule has 0 aliphatic carbocycles. The quantitative estimate of drug-likeness (QED) is 0.132. The van der Waals surface area contributed by atoms with E-state index in [1.54, 1.807) is 22.7 Å². The molecule has 8 nitrogen and oxygen atoms in total. The maximum atomic E-state index is 6.42. The summed E-state index contributed by atoms with van der Waals surface area (Å²) in [5.41, 5.74) is 15.9. The third-order valence-corrected chi connectivity index (χ3v) is 25.7. The number of nitrogens with zero attached hydrogens (tertiary/aromatic N) is 6. The number of para-hydroxylation sites is 3. The van der Waals surface area contributed by atoms with Crippen LogP contribution in [0.1, 0.15) is 0 Å². The fourth-order valence-corrected chi connectivity index (χ4v) is 20.0. The molecule has 0 N–H and O–H groups in total. The van der Waals surface area contributed by atoms with Gasteiger partial charge in [0.1, 0.15) is 22.3 Å². The van der Waals surface area contributed by atoms with Crippen molar-refractivity contribution in [1.82, 2.24) is 29.9 Å². The highest BCUT2D eigenvalue weighted by Gasteiger charge is 2.22. The lowest BCUT2D eigenvalue weighted by Gasteiger charge is -2.12. The van der Waals surface area contributed by atoms with Crippen LogP contribution in [-0.2, 0) is 0 Å². The van der Waals surface area contributed by atoms with Crippen LogP contribution < -0.4 is 0 Å². The Bertz CT molecular complexity index is 8410. The van der Waals surface area contributed by atoms with Gasteiger partial charge in [-0.3, -0.25) is 0 Å². The third kappa shape index (κ3) is 11.3. The first-order valence-electron chi connectivity index (χ1n) is 39.6. The molecule has 25 aromatic rings. The molecule has 6 aromatic heterocycles. The molecule has 0 amide bonds. The van der Waals surface area contributed by atoms with Gasteiger partial charge in [0, 0.05) is 89.7 Å². The summed E-state index contributed by atoms with van der Waals surface area (Å²) in [6, 6.07) is 134. The Morgan fingerprint density at radius 2 is 0.449 bits per heavy atom. The lowest BCUT2D eigenvalue weighted by molar-refractivity contribution is 0.669. The minimum atomic E-state index is 0.579. The molecule has 19 aromatic carbocycles. The van der Waals surface area contributed by atoms with Crippen LogP contribution in [0.2, 0.25) is 0 Å². The normalized spacial score (nSPS) is 11.9. The van der Waals surface area contributed by atoms with E-state index in [0.717, 1.165) is 77.3 Å². The monoisotopic (exact) mass is 1540 g/mol. The number of thiophene rings is 2. The Balaban J connectivity index is 0.000000135. The van der Waals surface area contributed by atoms with Gasteiger partial charge in [-0.2, -0.15) is 0 Å². The number of benzene rings is 19. The zero-order chi connectivity index (χ0) is 77.5. The topological polar surface area (TPSA) is 104 Å². The molecule has 0 saturated heterocycles. The Morgan fingerprint density at radius 3 is 0.915 bits per heavy atom. The summed E-state index contributed by atoms with van der Waals surface area (Å²) < 4.78 is 17.5. The van der Waals surface area contributed by atoms with Crippen molar-refractivity contribution in [3.05, 3.63) is 376 Å². The molecule has 10 heteroatoms. The molecule has 0 bridgehead atoms. The average Bonchev–Trinajstić information content (AvgIpc) is 0.881. The molecule has 0 saturated carbocycles. The van der Waals surface area contributed by atoms with Gasteiger partial charge in [-0.25, -0.2) is 29.9 Å². The summed E-state index contributed by atoms with van der Waals surface area (Å²) >= 11 is 3.60. The summed E-state index contributed by atoms with van der Waals surface area (Å²) in [6.45, 7) is 0. The van der Waals surface area contributed by atoms with Gasteiger partial charge >= 0.3 is 0 Å². The van der Waals surface area contributed by atoms with Gasteiger partial charge in [0.2, 0.25) is 0 Å². The van der Waals surface area contributed by atoms with E-state index in [1.807, 2.05) is 115 Å². The van der Waals surface area contributed by atoms with E-state index < -0.39 is 0 Å². The number of fused-ring (bicyclic) bond motifs is 24. The van der Waals surface area contributed by atoms with Gasteiger partial charge in [0.05, 0.1) is 5.56 Å². The second-order valence-corrected chi connectivity index (χ2v) is 32.4. The van der Waals surface area contributed by atoms with Gasteiger partial charge in [-0.1, -0.05) is 291 Å². The summed E-state index contributed by atoms with van der Waals surface area (Å²) in [6.07, 6.45) is 0. The summed E-state index contributed by atoms with van der Waals surface area (Å²) in [5.74, 6) is 3.68. The van der Waals surface area contributed by atoms with E-state index in [1.165, 1.54) is 138 Å². The van der Waals surface area contributed by atoms with Gasteiger partial charge in [0.15, 0.2) is 34.9 Å². The average molecular weight is 1540 g/mol. The second kappa shape index (κ2) is 27.3. The van der Waals surface area contributed by atoms with Gasteiger partial charge < -0.3 is 8.83 Å². The molecule has 25 rings (SSSR count). The van der Waals surface area contributed by atoms with Crippen molar-refractivity contribution in [1.29, 1.82) is 0 Å². The van der Waals surface area contributed by atoms with Crippen molar-refractivity contribution in [2.45, 2.75) is 0 Å². The molecular formula is C108H62N6O2S2. The van der Waals surface area contributed by atoms with E-state index in [-0.39, 0.29) is 0 Å². The number of furan rings is 2. The first kappa shape index (κ1) is 67.3. The van der Waals surface area contributed by atoms with Crippen molar-refractivity contribution in [3.8, 4) is 102 Å². The van der Waals surface area contributed by atoms with E-state index in [2.05, 4.69) is 261 Å². The lowest BCUT2D eigenvalue weighted by Crippen LogP contribution is -2.00. The number of hydrogen-bond acceptors (Lipinski definition) is 10.